The molecule has 0 unspecified atom stereocenters. The van der Waals surface area contributed by atoms with Crippen molar-refractivity contribution >= 4 is 34.3 Å². The van der Waals surface area contributed by atoms with Crippen molar-refractivity contribution in [1.82, 2.24) is 4.98 Å². The van der Waals surface area contributed by atoms with Crippen LogP contribution in [0.25, 0.3) is 10.9 Å². The van der Waals surface area contributed by atoms with Gasteiger partial charge in [-0.1, -0.05) is 39.0 Å². The Morgan fingerprint density at radius 2 is 1.86 bits per heavy atom. The summed E-state index contributed by atoms with van der Waals surface area (Å²) in [5, 5.41) is 3.63. The van der Waals surface area contributed by atoms with Crippen LogP contribution in [0.15, 0.2) is 53.3 Å². The van der Waals surface area contributed by atoms with E-state index in [-0.39, 0.29) is 11.3 Å². The van der Waals surface area contributed by atoms with Crippen LogP contribution >= 0.6 is 11.8 Å². The van der Waals surface area contributed by atoms with Crippen molar-refractivity contribution in [3.8, 4) is 0 Å². The molecule has 0 atom stereocenters. The second kappa shape index (κ2) is 9.11. The van der Waals surface area contributed by atoms with E-state index in [1.807, 2.05) is 42.5 Å². The summed E-state index contributed by atoms with van der Waals surface area (Å²) >= 11 is 1.48. The van der Waals surface area contributed by atoms with E-state index in [2.05, 4.69) is 31.1 Å². The first kappa shape index (κ1) is 20.2. The van der Waals surface area contributed by atoms with Crippen molar-refractivity contribution in [3.05, 3.63) is 75.6 Å². The number of aromatic nitrogens is 1. The van der Waals surface area contributed by atoms with Crippen molar-refractivity contribution in [3.63, 3.8) is 0 Å². The number of carbonyl (C=O) groups is 1. The summed E-state index contributed by atoms with van der Waals surface area (Å²) in [6.07, 6.45) is 0.905. The maximum Gasteiger partial charge on any atom is 0.234 e. The van der Waals surface area contributed by atoms with Gasteiger partial charge in [-0.25, -0.2) is 0 Å². The number of H-pyrrole nitrogens is 1. The highest BCUT2D eigenvalue weighted by atomic mass is 32.2. The molecule has 28 heavy (non-hydrogen) atoms. The molecule has 5 heteroatoms. The van der Waals surface area contributed by atoms with Gasteiger partial charge in [0.05, 0.1) is 5.75 Å². The highest BCUT2D eigenvalue weighted by molar-refractivity contribution is 7.99. The highest BCUT2D eigenvalue weighted by Gasteiger charge is 2.07. The molecule has 3 aromatic rings. The Labute approximate surface area is 169 Å². The van der Waals surface area contributed by atoms with Crippen LogP contribution in [0, 0.1) is 0 Å². The van der Waals surface area contributed by atoms with Crippen molar-refractivity contribution in [2.75, 3.05) is 11.1 Å². The second-order valence-electron chi connectivity index (χ2n) is 7.21. The summed E-state index contributed by atoms with van der Waals surface area (Å²) in [4.78, 5) is 27.8. The molecule has 0 saturated carbocycles. The molecular weight excluding hydrogens is 368 g/mol. The lowest BCUT2D eigenvalue weighted by molar-refractivity contribution is -0.113. The third kappa shape index (κ3) is 5.04. The summed E-state index contributed by atoms with van der Waals surface area (Å²) in [7, 11) is 0. The van der Waals surface area contributed by atoms with Crippen LogP contribution in [0.1, 0.15) is 43.5 Å². The first-order valence-electron chi connectivity index (χ1n) is 9.58. The number of rotatable bonds is 7. The summed E-state index contributed by atoms with van der Waals surface area (Å²) in [6.45, 7) is 6.36. The summed E-state index contributed by atoms with van der Waals surface area (Å²) in [5.41, 5.74) is 4.91. The average molecular weight is 395 g/mol. The molecule has 0 aliphatic carbocycles. The van der Waals surface area contributed by atoms with E-state index in [0.717, 1.165) is 34.3 Å². The van der Waals surface area contributed by atoms with Gasteiger partial charge in [-0.3, -0.25) is 9.59 Å². The van der Waals surface area contributed by atoms with Crippen LogP contribution in [0.5, 0.6) is 0 Å². The number of nitrogens with one attached hydrogen (secondary N) is 2. The first-order valence-corrected chi connectivity index (χ1v) is 10.7. The van der Waals surface area contributed by atoms with Gasteiger partial charge in [0.2, 0.25) is 5.91 Å². The maximum absolute atomic E-state index is 12.4. The molecule has 1 aromatic heterocycles. The highest BCUT2D eigenvalue weighted by Crippen LogP contribution is 2.18. The van der Waals surface area contributed by atoms with Crippen molar-refractivity contribution in [1.29, 1.82) is 0 Å². The lowest BCUT2D eigenvalue weighted by Crippen LogP contribution is -2.14. The van der Waals surface area contributed by atoms with Gasteiger partial charge in [0.15, 0.2) is 5.43 Å². The Hall–Kier alpha value is -2.53. The summed E-state index contributed by atoms with van der Waals surface area (Å²) in [6, 6.07) is 15.5. The van der Waals surface area contributed by atoms with Gasteiger partial charge in [-0.2, -0.15) is 0 Å². The molecule has 0 bridgehead atoms. The van der Waals surface area contributed by atoms with Gasteiger partial charge in [0, 0.05) is 34.1 Å². The van der Waals surface area contributed by atoms with Crippen LogP contribution in [-0.2, 0) is 17.0 Å². The molecule has 0 spiro atoms. The van der Waals surface area contributed by atoms with E-state index in [0.29, 0.717) is 17.4 Å². The van der Waals surface area contributed by atoms with Crippen molar-refractivity contribution < 1.29 is 4.79 Å². The minimum atomic E-state index is -0.0435. The molecule has 146 valence electrons. The smallest absolute Gasteiger partial charge is 0.234 e. The SMILES string of the molecule is CCc1ccc2[nH]c(CSCC(=O)Nc3ccc(C(C)C)cc3)cc(=O)c2c1. The number of hydrogen-bond donors (Lipinski definition) is 2. The molecule has 2 aromatic carbocycles. The van der Waals surface area contributed by atoms with E-state index in [1.54, 1.807) is 6.07 Å². The lowest BCUT2D eigenvalue weighted by Gasteiger charge is -2.09. The Morgan fingerprint density at radius 3 is 2.54 bits per heavy atom. The van der Waals surface area contributed by atoms with Crippen molar-refractivity contribution in [2.45, 2.75) is 38.9 Å². The number of carbonyl (C=O) groups excluding carboxylic acids is 1. The predicted octanol–water partition coefficient (Wildman–Crippen LogP) is 5.09. The predicted molar refractivity (Wildman–Crippen MR) is 119 cm³/mol. The molecule has 4 nitrogen and oxygen atoms in total. The molecule has 0 aliphatic rings. The normalized spacial score (nSPS) is 11.1. The number of aromatic amines is 1. The number of aryl methyl sites for hydroxylation is 1. The van der Waals surface area contributed by atoms with E-state index >= 15 is 0 Å². The molecule has 3 rings (SSSR count). The molecule has 2 N–H and O–H groups in total. The number of anilines is 1. The van der Waals surface area contributed by atoms with Crippen LogP contribution < -0.4 is 10.7 Å². The standard InChI is InChI=1S/C23H26N2O2S/c1-4-16-5-10-21-20(11-16)22(26)12-19(24-21)13-28-14-23(27)25-18-8-6-17(7-9-18)15(2)3/h5-12,15H,4,13-14H2,1-3H3,(H,24,26)(H,25,27). The van der Waals surface area contributed by atoms with Crippen molar-refractivity contribution in [2.24, 2.45) is 0 Å². The largest absolute Gasteiger partial charge is 0.357 e. The zero-order chi connectivity index (χ0) is 20.1. The van der Waals surface area contributed by atoms with Gasteiger partial charge < -0.3 is 10.3 Å². The summed E-state index contributed by atoms with van der Waals surface area (Å²) in [5.74, 6) is 1.34. The molecular formula is C23H26N2O2S. The van der Waals surface area contributed by atoms with Crippen LogP contribution in [0.2, 0.25) is 0 Å². The molecule has 0 saturated heterocycles. The van der Waals surface area contributed by atoms with E-state index in [1.165, 1.54) is 17.3 Å². The Morgan fingerprint density at radius 1 is 1.11 bits per heavy atom. The zero-order valence-electron chi connectivity index (χ0n) is 16.5. The number of pyridine rings is 1. The minimum Gasteiger partial charge on any atom is -0.357 e. The number of benzene rings is 2. The molecule has 1 heterocycles. The van der Waals surface area contributed by atoms with Crippen LogP contribution in [0.3, 0.4) is 0 Å². The Kier molecular flexibility index (Phi) is 6.57. The van der Waals surface area contributed by atoms with Gasteiger partial charge in [0.25, 0.3) is 0 Å². The Bertz CT molecular complexity index is 1020. The fraction of sp³-hybridized carbons (Fsp3) is 0.304. The topological polar surface area (TPSA) is 62.0 Å². The monoisotopic (exact) mass is 394 g/mol. The van der Waals surface area contributed by atoms with Crippen LogP contribution in [0.4, 0.5) is 5.69 Å². The molecule has 0 aliphatic heterocycles. The number of fused-ring (bicyclic) bond motifs is 1. The van der Waals surface area contributed by atoms with E-state index in [4.69, 9.17) is 0 Å². The minimum absolute atomic E-state index is 0.0225. The van der Waals surface area contributed by atoms with Crippen LogP contribution in [-0.4, -0.2) is 16.6 Å². The fourth-order valence-electron chi connectivity index (χ4n) is 3.05. The number of thioether (sulfide) groups is 1. The molecule has 0 radical (unpaired) electrons. The third-order valence-corrected chi connectivity index (χ3v) is 5.69. The zero-order valence-corrected chi connectivity index (χ0v) is 17.4. The van der Waals surface area contributed by atoms with E-state index < -0.39 is 0 Å². The molecule has 1 amide bonds. The third-order valence-electron chi connectivity index (χ3n) is 4.71. The maximum atomic E-state index is 12.4. The quantitative estimate of drug-likeness (QED) is 0.587. The van der Waals surface area contributed by atoms with Gasteiger partial charge in [0.1, 0.15) is 0 Å². The summed E-state index contributed by atoms with van der Waals surface area (Å²) < 4.78 is 0. The van der Waals surface area contributed by atoms with Gasteiger partial charge >= 0.3 is 0 Å². The fourth-order valence-corrected chi connectivity index (χ4v) is 3.78. The molecule has 0 fully saturated rings. The van der Waals surface area contributed by atoms with Gasteiger partial charge in [-0.05, 0) is 47.7 Å². The first-order chi connectivity index (χ1) is 13.5. The number of hydrogen-bond acceptors (Lipinski definition) is 3. The average Bonchev–Trinajstić information content (AvgIpc) is 2.68. The Balaban J connectivity index is 1.57. The van der Waals surface area contributed by atoms with E-state index in [9.17, 15) is 9.59 Å². The lowest BCUT2D eigenvalue weighted by atomic mass is 10.0. The second-order valence-corrected chi connectivity index (χ2v) is 8.20. The van der Waals surface area contributed by atoms with Gasteiger partial charge in [-0.15, -0.1) is 11.8 Å². The number of amides is 1.